The maximum absolute atomic E-state index is 10.6. The highest BCUT2D eigenvalue weighted by molar-refractivity contribution is 4.96. The lowest BCUT2D eigenvalue weighted by molar-refractivity contribution is -0.280. The Kier molecular flexibility index (Phi) is 10.5. The van der Waals surface area contributed by atoms with Crippen molar-refractivity contribution in [1.29, 1.82) is 0 Å². The standard InChI is InChI=1S/C21H36O18/c22-1-5-9(26)13(30)19(34-5)36-8(4-25)15-12(29)14(31)20(37-15)39-17-11(28)7(3-24)35-21(17)38-16-10(27)6(2-23)33-18(16)32/h5-32H,1-4H2/t5-,6-,7-,8+,9-,10-,11-,12+,13+,14+,15-,16+,17+,18-,19+,20-,21+/m0/s1. The molecule has 4 heterocycles. The predicted molar refractivity (Wildman–Crippen MR) is 116 cm³/mol. The Morgan fingerprint density at radius 1 is 0.513 bits per heavy atom. The van der Waals surface area contributed by atoms with Crippen LogP contribution in [-0.4, -0.2) is 187 Å². The van der Waals surface area contributed by atoms with Crippen molar-refractivity contribution in [3.8, 4) is 0 Å². The largest absolute Gasteiger partial charge is 0.394 e. The van der Waals surface area contributed by atoms with E-state index in [4.69, 9.17) is 33.2 Å². The van der Waals surface area contributed by atoms with Crippen LogP contribution in [0.15, 0.2) is 0 Å². The third-order valence-electron chi connectivity index (χ3n) is 7.16. The molecule has 0 unspecified atom stereocenters. The molecule has 39 heavy (non-hydrogen) atoms. The van der Waals surface area contributed by atoms with E-state index in [1.807, 2.05) is 0 Å². The van der Waals surface area contributed by atoms with Crippen molar-refractivity contribution in [3.63, 3.8) is 0 Å². The molecule has 4 aliphatic rings. The minimum absolute atomic E-state index is 0.634. The summed E-state index contributed by atoms with van der Waals surface area (Å²) in [5.74, 6) is 0. The van der Waals surface area contributed by atoms with Crippen LogP contribution in [-0.2, 0) is 33.2 Å². The van der Waals surface area contributed by atoms with E-state index in [0.29, 0.717) is 0 Å². The first-order chi connectivity index (χ1) is 18.6. The Balaban J connectivity index is 1.43. The van der Waals surface area contributed by atoms with Crippen LogP contribution in [0.1, 0.15) is 0 Å². The van der Waals surface area contributed by atoms with Gasteiger partial charge in [-0.15, -0.1) is 0 Å². The second-order valence-electron chi connectivity index (χ2n) is 9.67. The number of hydrogen-bond acceptors (Lipinski definition) is 18. The number of aliphatic hydroxyl groups is 11. The van der Waals surface area contributed by atoms with Gasteiger partial charge < -0.3 is 89.3 Å². The lowest BCUT2D eigenvalue weighted by Gasteiger charge is -2.29. The number of aliphatic hydroxyl groups excluding tert-OH is 11. The van der Waals surface area contributed by atoms with Gasteiger partial charge >= 0.3 is 0 Å². The van der Waals surface area contributed by atoms with Gasteiger partial charge in [-0.05, 0) is 0 Å². The molecule has 4 aliphatic heterocycles. The topological polar surface area (TPSA) is 287 Å². The van der Waals surface area contributed by atoms with E-state index in [0.717, 1.165) is 0 Å². The highest BCUT2D eigenvalue weighted by Gasteiger charge is 2.55. The van der Waals surface area contributed by atoms with Crippen molar-refractivity contribution in [3.05, 3.63) is 0 Å². The van der Waals surface area contributed by atoms with Crippen LogP contribution >= 0.6 is 0 Å². The average Bonchev–Trinajstić information content (AvgIpc) is 3.58. The molecule has 0 amide bonds. The van der Waals surface area contributed by atoms with E-state index in [-0.39, 0.29) is 0 Å². The molecule has 4 rings (SSSR count). The summed E-state index contributed by atoms with van der Waals surface area (Å²) in [5, 5.41) is 110. The molecule has 0 spiro atoms. The summed E-state index contributed by atoms with van der Waals surface area (Å²) in [6, 6.07) is 0. The van der Waals surface area contributed by atoms with Crippen molar-refractivity contribution in [2.75, 3.05) is 26.4 Å². The summed E-state index contributed by atoms with van der Waals surface area (Å²) >= 11 is 0. The minimum atomic E-state index is -1.79. The van der Waals surface area contributed by atoms with Crippen LogP contribution in [0.2, 0.25) is 0 Å². The van der Waals surface area contributed by atoms with Crippen LogP contribution in [0.3, 0.4) is 0 Å². The van der Waals surface area contributed by atoms with E-state index in [1.165, 1.54) is 0 Å². The SMILES string of the molecule is OC[C@@H]1O[C@H](O[C@H](CO)[C@@H]2O[C@@H](O[C@H]3[C@@H](O[C@@H]4[C@@H](O)[C@H](CO)O[C@@H]4O)O[C@@H](CO)[C@@H]3O)[C@H](O)[C@H]2O)[C@H](O)[C@H]1O. The average molecular weight is 577 g/mol. The molecule has 0 aliphatic carbocycles. The summed E-state index contributed by atoms with van der Waals surface area (Å²) in [6.07, 6.45) is -25.7. The highest BCUT2D eigenvalue weighted by atomic mass is 16.8. The molecule has 228 valence electrons. The van der Waals surface area contributed by atoms with E-state index in [1.54, 1.807) is 0 Å². The molecule has 17 atom stereocenters. The van der Waals surface area contributed by atoms with Crippen molar-refractivity contribution in [1.82, 2.24) is 0 Å². The van der Waals surface area contributed by atoms with Gasteiger partial charge in [0.25, 0.3) is 0 Å². The quantitative estimate of drug-likeness (QED) is 0.109. The fourth-order valence-electron chi connectivity index (χ4n) is 4.90. The van der Waals surface area contributed by atoms with Crippen LogP contribution in [0.25, 0.3) is 0 Å². The van der Waals surface area contributed by atoms with Crippen molar-refractivity contribution in [2.24, 2.45) is 0 Å². The third-order valence-corrected chi connectivity index (χ3v) is 7.16. The van der Waals surface area contributed by atoms with Gasteiger partial charge in [0, 0.05) is 0 Å². The Labute approximate surface area is 221 Å². The molecule has 0 saturated carbocycles. The van der Waals surface area contributed by atoms with E-state index >= 15 is 0 Å². The van der Waals surface area contributed by atoms with E-state index in [9.17, 15) is 56.2 Å². The molecule has 11 N–H and O–H groups in total. The molecule has 18 heteroatoms. The van der Waals surface area contributed by atoms with Gasteiger partial charge in [0.05, 0.1) is 26.4 Å². The molecule has 0 aromatic carbocycles. The maximum Gasteiger partial charge on any atom is 0.187 e. The fraction of sp³-hybridized carbons (Fsp3) is 1.00. The third kappa shape index (κ3) is 6.09. The van der Waals surface area contributed by atoms with Crippen molar-refractivity contribution >= 4 is 0 Å². The normalized spacial score (nSPS) is 51.2. The second-order valence-corrected chi connectivity index (χ2v) is 9.67. The number of ether oxygens (including phenoxy) is 7. The van der Waals surface area contributed by atoms with Gasteiger partial charge in [0.15, 0.2) is 25.2 Å². The first kappa shape index (κ1) is 31.2. The fourth-order valence-corrected chi connectivity index (χ4v) is 4.90. The molecule has 0 aromatic rings. The van der Waals surface area contributed by atoms with Gasteiger partial charge in [-0.1, -0.05) is 0 Å². The number of hydrogen-bond donors (Lipinski definition) is 11. The lowest BCUT2D eigenvalue weighted by atomic mass is 10.1. The van der Waals surface area contributed by atoms with Gasteiger partial charge in [-0.2, -0.15) is 0 Å². The molecule has 0 bridgehead atoms. The first-order valence-corrected chi connectivity index (χ1v) is 12.3. The van der Waals surface area contributed by atoms with Crippen molar-refractivity contribution < 1.29 is 89.3 Å². The number of rotatable bonds is 11. The summed E-state index contributed by atoms with van der Waals surface area (Å²) in [6.45, 7) is -2.78. The Morgan fingerprint density at radius 2 is 1.03 bits per heavy atom. The Bertz CT molecular complexity index is 777. The van der Waals surface area contributed by atoms with Crippen LogP contribution in [0.5, 0.6) is 0 Å². The Morgan fingerprint density at radius 3 is 1.59 bits per heavy atom. The van der Waals surface area contributed by atoms with E-state index < -0.39 is 131 Å². The monoisotopic (exact) mass is 576 g/mol. The van der Waals surface area contributed by atoms with Crippen molar-refractivity contribution in [2.45, 2.75) is 105 Å². The molecular formula is C21H36O18. The molecule has 0 aromatic heterocycles. The Hall–Kier alpha value is -0.720. The van der Waals surface area contributed by atoms with Gasteiger partial charge in [-0.3, -0.25) is 0 Å². The first-order valence-electron chi connectivity index (χ1n) is 12.3. The molecule has 4 fully saturated rings. The minimum Gasteiger partial charge on any atom is -0.394 e. The van der Waals surface area contributed by atoms with E-state index in [2.05, 4.69) is 0 Å². The van der Waals surface area contributed by atoms with Gasteiger partial charge in [0.2, 0.25) is 0 Å². The molecule has 18 nitrogen and oxygen atoms in total. The van der Waals surface area contributed by atoms with Crippen LogP contribution in [0, 0.1) is 0 Å². The zero-order valence-corrected chi connectivity index (χ0v) is 20.4. The summed E-state index contributed by atoms with van der Waals surface area (Å²) in [4.78, 5) is 0. The lowest BCUT2D eigenvalue weighted by Crippen LogP contribution is -2.46. The highest BCUT2D eigenvalue weighted by Crippen LogP contribution is 2.35. The van der Waals surface area contributed by atoms with Gasteiger partial charge in [-0.25, -0.2) is 0 Å². The molecular weight excluding hydrogens is 540 g/mol. The van der Waals surface area contributed by atoms with Crippen LogP contribution in [0.4, 0.5) is 0 Å². The predicted octanol–water partition coefficient (Wildman–Crippen LogP) is -7.83. The second kappa shape index (κ2) is 13.1. The smallest absolute Gasteiger partial charge is 0.187 e. The zero-order chi connectivity index (χ0) is 28.6. The zero-order valence-electron chi connectivity index (χ0n) is 20.4. The summed E-state index contributed by atoms with van der Waals surface area (Å²) < 4.78 is 37.8. The molecule has 0 radical (unpaired) electrons. The van der Waals surface area contributed by atoms with Crippen LogP contribution < -0.4 is 0 Å². The summed E-state index contributed by atoms with van der Waals surface area (Å²) in [5.41, 5.74) is 0. The molecule has 4 saturated heterocycles. The van der Waals surface area contributed by atoms with Gasteiger partial charge in [0.1, 0.15) is 79.4 Å². The maximum atomic E-state index is 10.6. The summed E-state index contributed by atoms with van der Waals surface area (Å²) in [7, 11) is 0.